The molecule has 1 aromatic carbocycles. The van der Waals surface area contributed by atoms with Crippen LogP contribution in [0.25, 0.3) is 0 Å². The highest BCUT2D eigenvalue weighted by Gasteiger charge is 2.25. The van der Waals surface area contributed by atoms with E-state index in [1.54, 1.807) is 0 Å². The van der Waals surface area contributed by atoms with Gasteiger partial charge in [-0.2, -0.15) is 0 Å². The Morgan fingerprint density at radius 3 is 2.53 bits per heavy atom. The van der Waals surface area contributed by atoms with Gasteiger partial charge in [0.25, 0.3) is 0 Å². The predicted octanol–water partition coefficient (Wildman–Crippen LogP) is 3.97. The zero-order chi connectivity index (χ0) is 20.6. The standard InChI is InChI=1S/C23H37N5O.HI/c1-4-24-23(27-20-11-13-28(14-12-20)17(2)3)25-16-18-7-5-10-21(15-18)26-22(29)19-8-6-9-19;/h5,7,10,15,17,19-20H,4,6,8-9,11-14,16H2,1-3H3,(H,26,29)(H2,24,25,27);1H. The number of amides is 1. The van der Waals surface area contributed by atoms with Gasteiger partial charge in [0.05, 0.1) is 6.54 Å². The van der Waals surface area contributed by atoms with Crippen molar-refractivity contribution in [2.75, 3.05) is 25.0 Å². The number of benzene rings is 1. The van der Waals surface area contributed by atoms with Crippen molar-refractivity contribution in [1.29, 1.82) is 0 Å². The summed E-state index contributed by atoms with van der Waals surface area (Å²) in [5.41, 5.74) is 1.97. The van der Waals surface area contributed by atoms with Crippen LogP contribution in [0.5, 0.6) is 0 Å². The third-order valence-electron chi connectivity index (χ3n) is 6.04. The second-order valence-electron chi connectivity index (χ2n) is 8.56. The third kappa shape index (κ3) is 7.41. The Labute approximate surface area is 198 Å². The molecule has 1 saturated carbocycles. The number of likely N-dealkylation sites (tertiary alicyclic amines) is 1. The van der Waals surface area contributed by atoms with Crippen LogP contribution in [0, 0.1) is 5.92 Å². The molecule has 2 fully saturated rings. The van der Waals surface area contributed by atoms with Gasteiger partial charge in [-0.25, -0.2) is 4.99 Å². The molecule has 6 nitrogen and oxygen atoms in total. The van der Waals surface area contributed by atoms with Crippen LogP contribution in [-0.4, -0.2) is 48.5 Å². The van der Waals surface area contributed by atoms with Crippen LogP contribution in [-0.2, 0) is 11.3 Å². The fourth-order valence-electron chi connectivity index (χ4n) is 3.91. The van der Waals surface area contributed by atoms with Crippen LogP contribution in [0.4, 0.5) is 5.69 Å². The first-order valence-corrected chi connectivity index (χ1v) is 11.2. The van der Waals surface area contributed by atoms with Gasteiger partial charge in [0, 0.05) is 43.3 Å². The smallest absolute Gasteiger partial charge is 0.227 e. The molecule has 0 unspecified atom stereocenters. The number of nitrogens with one attached hydrogen (secondary N) is 3. The molecular formula is C23H38IN5O. The number of piperidine rings is 1. The number of rotatable bonds is 7. The van der Waals surface area contributed by atoms with E-state index < -0.39 is 0 Å². The normalized spacial score (nSPS) is 18.5. The topological polar surface area (TPSA) is 68.8 Å². The third-order valence-corrected chi connectivity index (χ3v) is 6.04. The Hall–Kier alpha value is -1.35. The van der Waals surface area contributed by atoms with Crippen molar-refractivity contribution >= 4 is 41.5 Å². The largest absolute Gasteiger partial charge is 0.357 e. The lowest BCUT2D eigenvalue weighted by Crippen LogP contribution is -2.49. The van der Waals surface area contributed by atoms with Crippen LogP contribution < -0.4 is 16.0 Å². The second-order valence-corrected chi connectivity index (χ2v) is 8.56. The molecule has 1 aliphatic carbocycles. The monoisotopic (exact) mass is 527 g/mol. The van der Waals surface area contributed by atoms with Crippen molar-refractivity contribution in [2.24, 2.45) is 10.9 Å². The highest BCUT2D eigenvalue weighted by molar-refractivity contribution is 14.0. The van der Waals surface area contributed by atoms with Crippen molar-refractivity contribution in [3.63, 3.8) is 0 Å². The summed E-state index contributed by atoms with van der Waals surface area (Å²) in [6, 6.07) is 9.13. The van der Waals surface area contributed by atoms with Crippen molar-refractivity contribution in [3.8, 4) is 0 Å². The lowest BCUT2D eigenvalue weighted by Gasteiger charge is -2.35. The van der Waals surface area contributed by atoms with Crippen LogP contribution in [0.3, 0.4) is 0 Å². The summed E-state index contributed by atoms with van der Waals surface area (Å²) in [6.45, 7) is 10.3. The average molecular weight is 527 g/mol. The maximum absolute atomic E-state index is 12.2. The van der Waals surface area contributed by atoms with E-state index in [2.05, 4.69) is 47.7 Å². The Kier molecular flexibility index (Phi) is 10.4. The lowest BCUT2D eigenvalue weighted by atomic mass is 9.85. The summed E-state index contributed by atoms with van der Waals surface area (Å²) in [5, 5.41) is 10.0. The molecule has 1 aromatic rings. The first-order valence-electron chi connectivity index (χ1n) is 11.2. The van der Waals surface area contributed by atoms with E-state index in [-0.39, 0.29) is 35.8 Å². The van der Waals surface area contributed by atoms with Gasteiger partial charge in [0.1, 0.15) is 0 Å². The number of aliphatic imine (C=N–C) groups is 1. The van der Waals surface area contributed by atoms with Crippen LogP contribution in [0.1, 0.15) is 58.4 Å². The molecule has 1 aliphatic heterocycles. The highest BCUT2D eigenvalue weighted by atomic mass is 127. The zero-order valence-corrected chi connectivity index (χ0v) is 20.9. The van der Waals surface area contributed by atoms with Crippen molar-refractivity contribution < 1.29 is 4.79 Å². The van der Waals surface area contributed by atoms with Gasteiger partial charge in [-0.05, 0) is 64.2 Å². The summed E-state index contributed by atoms with van der Waals surface area (Å²) in [4.78, 5) is 19.5. The van der Waals surface area contributed by atoms with E-state index in [0.717, 1.165) is 62.5 Å². The van der Waals surface area contributed by atoms with Crippen molar-refractivity contribution in [1.82, 2.24) is 15.5 Å². The van der Waals surface area contributed by atoms with Gasteiger partial charge >= 0.3 is 0 Å². The van der Waals surface area contributed by atoms with Gasteiger partial charge in [-0.1, -0.05) is 18.6 Å². The molecule has 0 bridgehead atoms. The first-order chi connectivity index (χ1) is 14.0. The Bertz CT molecular complexity index is 697. The molecule has 2 aliphatic rings. The molecule has 0 atom stereocenters. The minimum Gasteiger partial charge on any atom is -0.357 e. The van der Waals surface area contributed by atoms with Gasteiger partial charge < -0.3 is 20.9 Å². The molecule has 7 heteroatoms. The van der Waals surface area contributed by atoms with Gasteiger partial charge in [-0.3, -0.25) is 4.79 Å². The number of hydrogen-bond acceptors (Lipinski definition) is 3. The molecule has 1 heterocycles. The maximum atomic E-state index is 12.2. The SMILES string of the molecule is CCNC(=NCc1cccc(NC(=O)C2CCC2)c1)NC1CCN(C(C)C)CC1.I. The van der Waals surface area contributed by atoms with Gasteiger partial charge in [-0.15, -0.1) is 24.0 Å². The molecule has 0 aromatic heterocycles. The van der Waals surface area contributed by atoms with Crippen molar-refractivity contribution in [2.45, 2.75) is 71.5 Å². The number of carbonyl (C=O) groups excluding carboxylic acids is 1. The second kappa shape index (κ2) is 12.5. The van der Waals surface area contributed by atoms with E-state index in [4.69, 9.17) is 4.99 Å². The number of halogens is 1. The molecule has 1 saturated heterocycles. The Morgan fingerprint density at radius 1 is 1.20 bits per heavy atom. The van der Waals surface area contributed by atoms with Gasteiger partial charge in [0.2, 0.25) is 5.91 Å². The summed E-state index contributed by atoms with van der Waals surface area (Å²) in [6.07, 6.45) is 5.49. The fourth-order valence-corrected chi connectivity index (χ4v) is 3.91. The number of nitrogens with zero attached hydrogens (tertiary/aromatic N) is 2. The molecule has 3 N–H and O–H groups in total. The average Bonchev–Trinajstić information content (AvgIpc) is 2.65. The maximum Gasteiger partial charge on any atom is 0.227 e. The van der Waals surface area contributed by atoms with E-state index in [0.29, 0.717) is 18.6 Å². The molecule has 0 spiro atoms. The number of hydrogen-bond donors (Lipinski definition) is 3. The predicted molar refractivity (Wildman–Crippen MR) is 136 cm³/mol. The summed E-state index contributed by atoms with van der Waals surface area (Å²) < 4.78 is 0. The zero-order valence-electron chi connectivity index (χ0n) is 18.6. The minimum atomic E-state index is 0. The molecular weight excluding hydrogens is 489 g/mol. The number of carbonyl (C=O) groups is 1. The lowest BCUT2D eigenvalue weighted by molar-refractivity contribution is -0.122. The van der Waals surface area contributed by atoms with Crippen molar-refractivity contribution in [3.05, 3.63) is 29.8 Å². The molecule has 0 radical (unpaired) electrons. The summed E-state index contributed by atoms with van der Waals surface area (Å²) in [7, 11) is 0. The van der Waals surface area contributed by atoms with Crippen LogP contribution in [0.2, 0.25) is 0 Å². The van der Waals surface area contributed by atoms with E-state index in [1.807, 2.05) is 18.2 Å². The number of anilines is 1. The van der Waals surface area contributed by atoms with E-state index in [1.165, 1.54) is 6.42 Å². The number of guanidine groups is 1. The molecule has 168 valence electrons. The quantitative estimate of drug-likeness (QED) is 0.285. The molecule has 30 heavy (non-hydrogen) atoms. The summed E-state index contributed by atoms with van der Waals surface area (Å²) >= 11 is 0. The molecule has 1 amide bonds. The van der Waals surface area contributed by atoms with Crippen LogP contribution in [0.15, 0.2) is 29.3 Å². The highest BCUT2D eigenvalue weighted by Crippen LogP contribution is 2.27. The minimum absolute atomic E-state index is 0. The fraction of sp³-hybridized carbons (Fsp3) is 0.652. The van der Waals surface area contributed by atoms with Gasteiger partial charge in [0.15, 0.2) is 5.96 Å². The first kappa shape index (κ1) is 24.9. The molecule has 3 rings (SSSR count). The Balaban J connectivity index is 0.00000320. The van der Waals surface area contributed by atoms with Crippen LogP contribution >= 0.6 is 24.0 Å². The van der Waals surface area contributed by atoms with E-state index >= 15 is 0 Å². The van der Waals surface area contributed by atoms with E-state index in [9.17, 15) is 4.79 Å². The summed E-state index contributed by atoms with van der Waals surface area (Å²) in [5.74, 6) is 1.22. The Morgan fingerprint density at radius 2 is 1.93 bits per heavy atom.